The second-order valence-electron chi connectivity index (χ2n) is 4.60. The van der Waals surface area contributed by atoms with Crippen LogP contribution in [0, 0.1) is 11.8 Å². The lowest BCUT2D eigenvalue weighted by atomic mass is 9.91. The molecule has 0 N–H and O–H groups in total. The van der Waals surface area contributed by atoms with E-state index in [4.69, 9.17) is 0 Å². The van der Waals surface area contributed by atoms with Gasteiger partial charge in [0.25, 0.3) is 0 Å². The number of rotatable bonds is 0. The summed E-state index contributed by atoms with van der Waals surface area (Å²) in [5.74, 6) is 2.11. The van der Waals surface area contributed by atoms with Gasteiger partial charge < -0.3 is 0 Å². The van der Waals surface area contributed by atoms with Gasteiger partial charge in [-0.25, -0.2) is 0 Å². The van der Waals surface area contributed by atoms with Crippen molar-refractivity contribution in [2.75, 3.05) is 7.05 Å². The Bertz CT molecular complexity index is 189. The van der Waals surface area contributed by atoms with Crippen molar-refractivity contribution < 1.29 is 0 Å². The maximum atomic E-state index is 2.61. The zero-order chi connectivity index (χ0) is 6.93. The molecule has 56 valence electrons. The summed E-state index contributed by atoms with van der Waals surface area (Å²) in [6.45, 7) is 2.41. The van der Waals surface area contributed by atoms with Crippen LogP contribution in [0.4, 0.5) is 0 Å². The van der Waals surface area contributed by atoms with Gasteiger partial charge in [0.05, 0.1) is 0 Å². The summed E-state index contributed by atoms with van der Waals surface area (Å²) in [4.78, 5) is 2.61. The van der Waals surface area contributed by atoms with E-state index in [1.54, 1.807) is 0 Å². The highest BCUT2D eigenvalue weighted by Crippen LogP contribution is 2.69. The summed E-state index contributed by atoms with van der Waals surface area (Å²) in [5, 5.41) is 0. The molecule has 2 saturated carbocycles. The zero-order valence-electron chi connectivity index (χ0n) is 6.80. The molecule has 0 aromatic heterocycles. The molecule has 3 fully saturated rings. The molecule has 1 heterocycles. The lowest BCUT2D eigenvalue weighted by Crippen LogP contribution is -2.11. The SMILES string of the molecule is CC1CC2CC23C(C1)N3C. The van der Waals surface area contributed by atoms with E-state index >= 15 is 0 Å². The number of likely N-dealkylation sites (tertiary alicyclic amines) is 1. The Morgan fingerprint density at radius 2 is 2.20 bits per heavy atom. The van der Waals surface area contributed by atoms with Crippen LogP contribution < -0.4 is 0 Å². The van der Waals surface area contributed by atoms with Gasteiger partial charge in [0.1, 0.15) is 0 Å². The molecule has 0 bridgehead atoms. The monoisotopic (exact) mass is 137 g/mol. The standard InChI is InChI=1S/C9H15N/c1-6-3-7-5-9(7)8(4-6)10(9)2/h6-8H,3-5H2,1-2H3. The fourth-order valence-corrected chi connectivity index (χ4v) is 3.36. The van der Waals surface area contributed by atoms with Gasteiger partial charge in [-0.1, -0.05) is 6.92 Å². The highest BCUT2D eigenvalue weighted by Gasteiger charge is 2.76. The van der Waals surface area contributed by atoms with Crippen LogP contribution in [0.5, 0.6) is 0 Å². The van der Waals surface area contributed by atoms with Gasteiger partial charge >= 0.3 is 0 Å². The molecule has 0 amide bonds. The molecule has 1 nitrogen and oxygen atoms in total. The van der Waals surface area contributed by atoms with Gasteiger partial charge in [-0.3, -0.25) is 4.90 Å². The van der Waals surface area contributed by atoms with E-state index < -0.39 is 0 Å². The van der Waals surface area contributed by atoms with Crippen molar-refractivity contribution >= 4 is 0 Å². The second kappa shape index (κ2) is 1.29. The number of hydrogen-bond donors (Lipinski definition) is 0. The number of nitrogens with zero attached hydrogens (tertiary/aromatic N) is 1. The van der Waals surface area contributed by atoms with Gasteiger partial charge in [0, 0.05) is 11.6 Å². The molecule has 0 aromatic carbocycles. The van der Waals surface area contributed by atoms with Crippen molar-refractivity contribution in [1.82, 2.24) is 4.90 Å². The van der Waals surface area contributed by atoms with Crippen molar-refractivity contribution in [3.05, 3.63) is 0 Å². The Morgan fingerprint density at radius 1 is 1.40 bits per heavy atom. The van der Waals surface area contributed by atoms with E-state index in [0.29, 0.717) is 0 Å². The summed E-state index contributed by atoms with van der Waals surface area (Å²) in [5.41, 5.74) is 0.784. The van der Waals surface area contributed by atoms with Gasteiger partial charge in [0.2, 0.25) is 0 Å². The molecule has 3 rings (SSSR count). The Morgan fingerprint density at radius 3 is 2.90 bits per heavy atom. The smallest absolute Gasteiger partial charge is 0.0397 e. The minimum atomic E-state index is 0.784. The van der Waals surface area contributed by atoms with Crippen LogP contribution in [-0.2, 0) is 0 Å². The molecule has 2 aliphatic carbocycles. The predicted molar refractivity (Wildman–Crippen MR) is 40.8 cm³/mol. The summed E-state index contributed by atoms with van der Waals surface area (Å²) >= 11 is 0. The van der Waals surface area contributed by atoms with Gasteiger partial charge in [-0.05, 0) is 38.1 Å². The van der Waals surface area contributed by atoms with E-state index in [9.17, 15) is 0 Å². The van der Waals surface area contributed by atoms with Crippen molar-refractivity contribution in [2.45, 2.75) is 37.8 Å². The summed E-state index contributed by atoms with van der Waals surface area (Å²) in [6.07, 6.45) is 4.52. The Balaban J connectivity index is 1.88. The molecule has 1 spiro atoms. The number of likely N-dealkylation sites (N-methyl/N-ethyl adjacent to an activating group) is 1. The summed E-state index contributed by atoms with van der Waals surface area (Å²) in [7, 11) is 2.31. The molecule has 1 heteroatoms. The molecule has 1 saturated heterocycles. The molecule has 0 radical (unpaired) electrons. The van der Waals surface area contributed by atoms with E-state index in [1.807, 2.05) is 0 Å². The fraction of sp³-hybridized carbons (Fsp3) is 1.00. The first-order valence-electron chi connectivity index (χ1n) is 4.48. The van der Waals surface area contributed by atoms with Crippen molar-refractivity contribution in [3.63, 3.8) is 0 Å². The van der Waals surface area contributed by atoms with E-state index in [-0.39, 0.29) is 0 Å². The van der Waals surface area contributed by atoms with Crippen molar-refractivity contribution in [2.24, 2.45) is 11.8 Å². The van der Waals surface area contributed by atoms with Crippen LogP contribution in [0.3, 0.4) is 0 Å². The fourth-order valence-electron chi connectivity index (χ4n) is 3.36. The van der Waals surface area contributed by atoms with Crippen LogP contribution in [0.15, 0.2) is 0 Å². The Kier molecular flexibility index (Phi) is 0.722. The average Bonchev–Trinajstić information content (AvgIpc) is 2.68. The molecule has 10 heavy (non-hydrogen) atoms. The number of hydrogen-bond acceptors (Lipinski definition) is 1. The summed E-state index contributed by atoms with van der Waals surface area (Å²) in [6, 6.07) is 1.00. The first-order valence-corrected chi connectivity index (χ1v) is 4.48. The molecule has 1 aliphatic heterocycles. The van der Waals surface area contributed by atoms with E-state index in [2.05, 4.69) is 18.9 Å². The first kappa shape index (κ1) is 5.59. The van der Waals surface area contributed by atoms with Crippen LogP contribution in [0.1, 0.15) is 26.2 Å². The molecular formula is C9H15N. The van der Waals surface area contributed by atoms with Gasteiger partial charge in [0.15, 0.2) is 0 Å². The minimum absolute atomic E-state index is 0.784. The molecule has 0 aromatic rings. The van der Waals surface area contributed by atoms with Gasteiger partial charge in [-0.2, -0.15) is 0 Å². The molecular weight excluding hydrogens is 122 g/mol. The predicted octanol–water partition coefficient (Wildman–Crippen LogP) is 1.49. The topological polar surface area (TPSA) is 3.01 Å². The highest BCUT2D eigenvalue weighted by molar-refractivity contribution is 5.32. The maximum absolute atomic E-state index is 2.61. The third kappa shape index (κ3) is 0.402. The third-order valence-electron chi connectivity index (χ3n) is 4.07. The minimum Gasteiger partial charge on any atom is -0.294 e. The van der Waals surface area contributed by atoms with E-state index in [0.717, 1.165) is 23.4 Å². The highest BCUT2D eigenvalue weighted by atomic mass is 15.4. The van der Waals surface area contributed by atoms with Crippen LogP contribution >= 0.6 is 0 Å². The quantitative estimate of drug-likeness (QED) is 0.457. The van der Waals surface area contributed by atoms with E-state index in [1.165, 1.54) is 19.3 Å². The van der Waals surface area contributed by atoms with Crippen LogP contribution in [0.25, 0.3) is 0 Å². The van der Waals surface area contributed by atoms with Crippen molar-refractivity contribution in [3.8, 4) is 0 Å². The normalized spacial score (nSPS) is 70.2. The first-order chi connectivity index (χ1) is 4.75. The van der Waals surface area contributed by atoms with Crippen LogP contribution in [0.2, 0.25) is 0 Å². The average molecular weight is 137 g/mol. The largest absolute Gasteiger partial charge is 0.294 e. The molecule has 5 atom stereocenters. The zero-order valence-corrected chi connectivity index (χ0v) is 6.80. The van der Waals surface area contributed by atoms with Crippen molar-refractivity contribution in [1.29, 1.82) is 0 Å². The second-order valence-corrected chi connectivity index (χ2v) is 4.60. The van der Waals surface area contributed by atoms with Gasteiger partial charge in [-0.15, -0.1) is 0 Å². The Hall–Kier alpha value is -0.0400. The Labute approximate surface area is 62.4 Å². The lowest BCUT2D eigenvalue weighted by molar-refractivity contribution is 0.415. The summed E-state index contributed by atoms with van der Waals surface area (Å²) < 4.78 is 0. The maximum Gasteiger partial charge on any atom is 0.0397 e. The lowest BCUT2D eigenvalue weighted by Gasteiger charge is -2.12. The molecule has 3 aliphatic rings. The third-order valence-corrected chi connectivity index (χ3v) is 4.07. The van der Waals surface area contributed by atoms with Crippen LogP contribution in [-0.4, -0.2) is 23.5 Å². The molecule has 5 unspecified atom stereocenters.